The van der Waals surface area contributed by atoms with Crippen LogP contribution in [0.2, 0.25) is 0 Å². The van der Waals surface area contributed by atoms with Gasteiger partial charge >= 0.3 is 5.20 Å². The normalized spacial score (nSPS) is 11.0. The Labute approximate surface area is 99.7 Å². The number of hydrogen-bond donors (Lipinski definition) is 1. The van der Waals surface area contributed by atoms with Gasteiger partial charge in [0.05, 0.1) is 27.7 Å². The molecule has 0 saturated heterocycles. The Kier molecular flexibility index (Phi) is 13.1. The van der Waals surface area contributed by atoms with E-state index in [2.05, 4.69) is 54.9 Å². The summed E-state index contributed by atoms with van der Waals surface area (Å²) in [6.07, 6.45) is 0. The van der Waals surface area contributed by atoms with Gasteiger partial charge in [-0.1, -0.05) is 0 Å². The van der Waals surface area contributed by atoms with Gasteiger partial charge in [-0.15, -0.1) is 0 Å². The van der Waals surface area contributed by atoms with Gasteiger partial charge in [-0.25, -0.2) is 0 Å². The van der Waals surface area contributed by atoms with E-state index < -0.39 is 5.20 Å². The summed E-state index contributed by atoms with van der Waals surface area (Å²) in [6, 6.07) is 0. The smallest absolute Gasteiger partial charge is 0.339 e. The molecule has 0 aromatic rings. The molecule has 13 heavy (non-hydrogen) atoms. The predicted molar refractivity (Wildman–Crippen MR) is 55.2 cm³/mol. The van der Waals surface area contributed by atoms with E-state index in [1.165, 1.54) is 0 Å². The first kappa shape index (κ1) is 19.8. The first-order valence-electron chi connectivity index (χ1n) is 3.16. The highest BCUT2D eigenvalue weighted by molar-refractivity contribution is 8.24. The van der Waals surface area contributed by atoms with Crippen LogP contribution in [-0.4, -0.2) is 43.9 Å². The fraction of sp³-hybridized carbons (Fsp3) is 1.00. The minimum atomic E-state index is -3.22. The minimum absolute atomic E-state index is 0. The van der Waals surface area contributed by atoms with E-state index in [1.807, 2.05) is 0 Å². The van der Waals surface area contributed by atoms with Crippen LogP contribution in [0.15, 0.2) is 0 Å². The quantitative estimate of drug-likeness (QED) is 0.550. The van der Waals surface area contributed by atoms with Gasteiger partial charge in [-0.3, -0.25) is 4.57 Å². The second-order valence-electron chi connectivity index (χ2n) is 3.14. The number of nitrogens with zero attached hydrogens (tertiary/aromatic N) is 1. The molecule has 3 nitrogen and oxygen atoms in total. The van der Waals surface area contributed by atoms with Gasteiger partial charge in [0, 0.05) is 0 Å². The molecule has 0 fully saturated rings. The second kappa shape index (κ2) is 8.60. The highest BCUT2D eigenvalue weighted by atomic mass is 36.0. The van der Waals surface area contributed by atoms with Crippen molar-refractivity contribution in [1.29, 1.82) is 0 Å². The summed E-state index contributed by atoms with van der Waals surface area (Å²) in [6.45, 7) is 1.11. The van der Waals surface area contributed by atoms with Crippen LogP contribution in [0.25, 0.3) is 0 Å². The predicted octanol–water partition coefficient (Wildman–Crippen LogP) is -0.500. The van der Waals surface area contributed by atoms with Crippen molar-refractivity contribution in [2.24, 2.45) is 0 Å². The molecule has 0 spiro atoms. The van der Waals surface area contributed by atoms with Crippen molar-refractivity contribution in [3.8, 4) is 0 Å². The molecule has 1 N–H and O–H groups in total. The van der Waals surface area contributed by atoms with Gasteiger partial charge in [-0.2, -0.15) is 0 Å². The standard InChI is InChI=1S/C5H14NO.Cl3OP.ClH/c1-6(2,3)4-5-7;1-5(2,3)4;/h7H,4-5H2,1-3H3;;1H/q+1;;/p-1. The molecule has 0 heterocycles. The number of likely N-dealkylation sites (N-methyl/N-ethyl adjacent to an activating group) is 1. The molecule has 0 unspecified atom stereocenters. The maximum absolute atomic E-state index is 9.51. The number of rotatable bonds is 2. The lowest BCUT2D eigenvalue weighted by atomic mass is 10.5. The molecule has 0 amide bonds. The zero-order valence-electron chi connectivity index (χ0n) is 7.68. The maximum atomic E-state index is 9.51. The Hall–Kier alpha value is 1.31. The molecule has 8 heteroatoms. The number of aliphatic hydroxyl groups is 1. The Morgan fingerprint density at radius 3 is 1.46 bits per heavy atom. The molecule has 0 radical (unpaired) electrons. The topological polar surface area (TPSA) is 37.3 Å². The molecule has 0 aliphatic carbocycles. The zero-order valence-corrected chi connectivity index (χ0v) is 11.6. The van der Waals surface area contributed by atoms with E-state index in [9.17, 15) is 4.57 Å². The first-order valence-corrected chi connectivity index (χ1v) is 7.59. The molecule has 0 aromatic heterocycles. The third kappa shape index (κ3) is 60.4. The van der Waals surface area contributed by atoms with Crippen molar-refractivity contribution in [2.75, 3.05) is 34.3 Å². The maximum Gasteiger partial charge on any atom is 0.339 e. The summed E-state index contributed by atoms with van der Waals surface area (Å²) < 4.78 is 10.4. The summed E-state index contributed by atoms with van der Waals surface area (Å²) >= 11 is 13.8. The average Bonchev–Trinajstić information content (AvgIpc) is 1.54. The zero-order chi connectivity index (χ0) is 10.4. The lowest BCUT2D eigenvalue weighted by Gasteiger charge is -2.21. The highest BCUT2D eigenvalue weighted by Gasteiger charge is 2.03. The third-order valence-corrected chi connectivity index (χ3v) is 0.771. The van der Waals surface area contributed by atoms with E-state index in [0.29, 0.717) is 0 Å². The summed E-state index contributed by atoms with van der Waals surface area (Å²) in [5, 5.41) is 5.16. The van der Waals surface area contributed by atoms with Gasteiger partial charge in [-0.05, 0) is 33.7 Å². The lowest BCUT2D eigenvalue weighted by Crippen LogP contribution is -3.00. The molecular weight excluding hydrogens is 279 g/mol. The van der Waals surface area contributed by atoms with Crippen LogP contribution in [0.4, 0.5) is 0 Å². The summed E-state index contributed by atoms with van der Waals surface area (Å²) in [5.41, 5.74) is 0. The first-order chi connectivity index (χ1) is 5.06. The van der Waals surface area contributed by atoms with Crippen LogP contribution >= 0.6 is 38.9 Å². The fourth-order valence-corrected chi connectivity index (χ4v) is 0.300. The second-order valence-corrected chi connectivity index (χ2v) is 9.78. The number of halogens is 4. The van der Waals surface area contributed by atoms with E-state index in [-0.39, 0.29) is 19.0 Å². The molecule has 0 aliphatic heterocycles. The third-order valence-electron chi connectivity index (χ3n) is 0.771. The number of hydrogen-bond acceptors (Lipinski definition) is 2. The Bertz CT molecular complexity index is 147. The van der Waals surface area contributed by atoms with Gasteiger partial charge in [0.2, 0.25) is 0 Å². The fourth-order valence-electron chi connectivity index (χ4n) is 0.300. The molecule has 0 bridgehead atoms. The van der Waals surface area contributed by atoms with Crippen LogP contribution < -0.4 is 12.4 Å². The van der Waals surface area contributed by atoms with Crippen molar-refractivity contribution in [1.82, 2.24) is 0 Å². The summed E-state index contributed by atoms with van der Waals surface area (Å²) in [4.78, 5) is 0. The minimum Gasteiger partial charge on any atom is -1.00 e. The van der Waals surface area contributed by atoms with Crippen LogP contribution in [0.1, 0.15) is 0 Å². The molecule has 0 aliphatic rings. The SMILES string of the molecule is C[N+](C)(C)CCO.O=P(Cl)(Cl)Cl.[Cl-]. The largest absolute Gasteiger partial charge is 1.00 e. The Balaban J connectivity index is -0.000000150. The van der Waals surface area contributed by atoms with E-state index in [0.717, 1.165) is 11.0 Å². The van der Waals surface area contributed by atoms with Crippen LogP contribution in [-0.2, 0) is 4.57 Å². The molecule has 0 aromatic carbocycles. The van der Waals surface area contributed by atoms with Gasteiger partial charge < -0.3 is 22.0 Å². The van der Waals surface area contributed by atoms with Crippen molar-refractivity contribution < 1.29 is 26.6 Å². The van der Waals surface area contributed by atoms with Crippen LogP contribution in [0, 0.1) is 0 Å². The molecule has 84 valence electrons. The van der Waals surface area contributed by atoms with E-state index in [1.54, 1.807) is 0 Å². The van der Waals surface area contributed by atoms with Crippen LogP contribution in [0.5, 0.6) is 0 Å². The van der Waals surface area contributed by atoms with Crippen molar-refractivity contribution in [2.45, 2.75) is 0 Å². The van der Waals surface area contributed by atoms with Crippen molar-refractivity contribution in [3.05, 3.63) is 0 Å². The summed E-state index contributed by atoms with van der Waals surface area (Å²) in [5.74, 6) is 0. The monoisotopic (exact) mass is 291 g/mol. The highest BCUT2D eigenvalue weighted by Crippen LogP contribution is 2.61. The molecule has 0 atom stereocenters. The number of quaternary nitrogens is 1. The molecule has 0 saturated carbocycles. The molecule has 0 rings (SSSR count). The Morgan fingerprint density at radius 1 is 1.23 bits per heavy atom. The lowest BCUT2D eigenvalue weighted by molar-refractivity contribution is -0.870. The van der Waals surface area contributed by atoms with Crippen LogP contribution in [0.3, 0.4) is 0 Å². The average molecular weight is 293 g/mol. The molecular formula is C5H14Cl4NO2P. The van der Waals surface area contributed by atoms with E-state index in [4.69, 9.17) is 5.11 Å². The number of aliphatic hydroxyl groups excluding tert-OH is 1. The Morgan fingerprint density at radius 2 is 1.46 bits per heavy atom. The van der Waals surface area contributed by atoms with Gasteiger partial charge in [0.15, 0.2) is 0 Å². The van der Waals surface area contributed by atoms with Crippen molar-refractivity contribution in [3.63, 3.8) is 0 Å². The summed E-state index contributed by atoms with van der Waals surface area (Å²) in [7, 11) is 6.16. The van der Waals surface area contributed by atoms with Gasteiger partial charge in [0.1, 0.15) is 6.54 Å². The van der Waals surface area contributed by atoms with Crippen molar-refractivity contribution >= 4 is 38.9 Å². The van der Waals surface area contributed by atoms with E-state index >= 15 is 0 Å². The van der Waals surface area contributed by atoms with Gasteiger partial charge in [0.25, 0.3) is 0 Å².